The molecule has 0 bridgehead atoms. The summed E-state index contributed by atoms with van der Waals surface area (Å²) in [5.41, 5.74) is 4.92. The summed E-state index contributed by atoms with van der Waals surface area (Å²) in [4.78, 5) is 0. The van der Waals surface area contributed by atoms with Crippen molar-refractivity contribution < 1.29 is 0 Å². The van der Waals surface area contributed by atoms with Gasteiger partial charge < -0.3 is 0 Å². The molecule has 0 N–H and O–H groups in total. The van der Waals surface area contributed by atoms with E-state index in [-0.39, 0.29) is 0 Å². The fourth-order valence-electron chi connectivity index (χ4n) is 4.96. The Morgan fingerprint density at radius 2 is 0.973 bits per heavy atom. The van der Waals surface area contributed by atoms with Gasteiger partial charge in [-0.2, -0.15) is 0 Å². The smallest absolute Gasteiger partial charge is 0.00215 e. The molecule has 176 valence electrons. The van der Waals surface area contributed by atoms with E-state index in [0.29, 0.717) is 0 Å². The van der Waals surface area contributed by atoms with Gasteiger partial charge in [-0.25, -0.2) is 0 Å². The molecule has 6 aromatic rings. The molecule has 0 aromatic heterocycles. The van der Waals surface area contributed by atoms with Crippen LogP contribution in [0.2, 0.25) is 0 Å². The average Bonchev–Trinajstić information content (AvgIpc) is 2.98. The molecule has 0 unspecified atom stereocenters. The topological polar surface area (TPSA) is 0 Å². The van der Waals surface area contributed by atoms with Crippen LogP contribution in [0, 0.1) is 0 Å². The molecule has 37 heavy (non-hydrogen) atoms. The van der Waals surface area contributed by atoms with Gasteiger partial charge >= 0.3 is 0 Å². The van der Waals surface area contributed by atoms with Crippen LogP contribution in [0.15, 0.2) is 158 Å². The number of benzene rings is 6. The molecule has 1 heteroatoms. The second-order valence-corrected chi connectivity index (χ2v) is 11.2. The van der Waals surface area contributed by atoms with Crippen LogP contribution >= 0.6 is 7.92 Å². The van der Waals surface area contributed by atoms with E-state index in [1.54, 1.807) is 0 Å². The van der Waals surface area contributed by atoms with Crippen molar-refractivity contribution in [2.45, 2.75) is 0 Å². The molecule has 0 aliphatic heterocycles. The summed E-state index contributed by atoms with van der Waals surface area (Å²) in [5.74, 6) is 0. The predicted octanol–water partition coefficient (Wildman–Crippen LogP) is 8.19. The van der Waals surface area contributed by atoms with Gasteiger partial charge in [0.05, 0.1) is 0 Å². The van der Waals surface area contributed by atoms with Crippen molar-refractivity contribution in [1.82, 2.24) is 0 Å². The zero-order valence-electron chi connectivity index (χ0n) is 20.5. The SMILES string of the molecule is C(=C(c1ccccc1)c1cccc2cccc(P(c3ccccc3)c3ccccc3)c12)c1ccccc1. The summed E-state index contributed by atoms with van der Waals surface area (Å²) in [6, 6.07) is 56.9. The molecule has 0 nitrogen and oxygen atoms in total. The van der Waals surface area contributed by atoms with Crippen LogP contribution in [0.1, 0.15) is 16.7 Å². The average molecular weight is 491 g/mol. The van der Waals surface area contributed by atoms with E-state index in [4.69, 9.17) is 0 Å². The van der Waals surface area contributed by atoms with Gasteiger partial charge in [-0.15, -0.1) is 0 Å². The van der Waals surface area contributed by atoms with E-state index < -0.39 is 7.92 Å². The van der Waals surface area contributed by atoms with Crippen molar-refractivity contribution >= 4 is 46.3 Å². The maximum absolute atomic E-state index is 2.34. The summed E-state index contributed by atoms with van der Waals surface area (Å²) in [6.45, 7) is 0. The van der Waals surface area contributed by atoms with Crippen LogP contribution in [0.5, 0.6) is 0 Å². The van der Waals surface area contributed by atoms with Crippen molar-refractivity contribution in [1.29, 1.82) is 0 Å². The second kappa shape index (κ2) is 10.8. The van der Waals surface area contributed by atoms with Crippen LogP contribution in [0.25, 0.3) is 22.4 Å². The Morgan fingerprint density at radius 1 is 0.459 bits per heavy atom. The minimum Gasteiger partial charge on any atom is -0.0622 e. The Kier molecular flexibility index (Phi) is 6.76. The number of fused-ring (bicyclic) bond motifs is 1. The standard InChI is InChI=1S/C36H27P/c1-5-15-28(16-6-1)27-34(29-17-7-2-8-18-29)33-25-13-19-30-20-14-26-35(36(30)33)37(31-21-9-3-10-22-31)32-23-11-4-12-24-32/h1-27H. The van der Waals surface area contributed by atoms with Gasteiger partial charge in [0.1, 0.15) is 0 Å². The Bertz CT molecular complexity index is 1590. The molecule has 0 heterocycles. The van der Waals surface area contributed by atoms with Crippen LogP contribution < -0.4 is 15.9 Å². The molecule has 0 fully saturated rings. The maximum Gasteiger partial charge on any atom is -0.00215 e. The van der Waals surface area contributed by atoms with Crippen molar-refractivity contribution in [3.05, 3.63) is 174 Å². The number of rotatable bonds is 6. The second-order valence-electron chi connectivity index (χ2n) is 9.02. The highest BCUT2D eigenvalue weighted by atomic mass is 31.1. The van der Waals surface area contributed by atoms with Gasteiger partial charge in [0.25, 0.3) is 0 Å². The lowest BCUT2D eigenvalue weighted by Crippen LogP contribution is -2.21. The van der Waals surface area contributed by atoms with Crippen LogP contribution in [0.3, 0.4) is 0 Å². The number of hydrogen-bond donors (Lipinski definition) is 0. The lowest BCUT2D eigenvalue weighted by Gasteiger charge is -2.23. The molecule has 0 spiro atoms. The minimum absolute atomic E-state index is 0.742. The Balaban J connectivity index is 1.66. The summed E-state index contributed by atoms with van der Waals surface area (Å²) < 4.78 is 0. The summed E-state index contributed by atoms with van der Waals surface area (Å²) >= 11 is 0. The highest BCUT2D eigenvalue weighted by molar-refractivity contribution is 7.80. The minimum atomic E-state index is -0.742. The van der Waals surface area contributed by atoms with E-state index in [1.165, 1.54) is 48.9 Å². The van der Waals surface area contributed by atoms with E-state index in [0.717, 1.165) is 0 Å². The van der Waals surface area contributed by atoms with Crippen LogP contribution in [0.4, 0.5) is 0 Å². The lowest BCUT2D eigenvalue weighted by atomic mass is 9.91. The Morgan fingerprint density at radius 3 is 1.57 bits per heavy atom. The fourth-order valence-corrected chi connectivity index (χ4v) is 7.47. The van der Waals surface area contributed by atoms with Gasteiger partial charge in [-0.05, 0) is 62.9 Å². The van der Waals surface area contributed by atoms with Crippen molar-refractivity contribution in [2.75, 3.05) is 0 Å². The van der Waals surface area contributed by atoms with E-state index in [1.807, 2.05) is 0 Å². The van der Waals surface area contributed by atoms with E-state index in [2.05, 4.69) is 164 Å². The van der Waals surface area contributed by atoms with Crippen molar-refractivity contribution in [3.63, 3.8) is 0 Å². The zero-order valence-corrected chi connectivity index (χ0v) is 21.4. The van der Waals surface area contributed by atoms with Crippen molar-refractivity contribution in [3.8, 4) is 0 Å². The predicted molar refractivity (Wildman–Crippen MR) is 163 cm³/mol. The quantitative estimate of drug-likeness (QED) is 0.163. The van der Waals surface area contributed by atoms with Gasteiger partial charge in [-0.1, -0.05) is 158 Å². The molecule has 0 saturated heterocycles. The molecule has 0 aliphatic rings. The summed E-state index contributed by atoms with van der Waals surface area (Å²) in [6.07, 6.45) is 2.33. The first-order valence-corrected chi connectivity index (χ1v) is 14.0. The van der Waals surface area contributed by atoms with Gasteiger partial charge in [0.2, 0.25) is 0 Å². The van der Waals surface area contributed by atoms with E-state index >= 15 is 0 Å². The van der Waals surface area contributed by atoms with Crippen LogP contribution in [-0.4, -0.2) is 0 Å². The Labute approximate surface area is 220 Å². The van der Waals surface area contributed by atoms with Gasteiger partial charge in [-0.3, -0.25) is 0 Å². The molecule has 6 rings (SSSR count). The van der Waals surface area contributed by atoms with E-state index in [9.17, 15) is 0 Å². The normalized spacial score (nSPS) is 11.6. The summed E-state index contributed by atoms with van der Waals surface area (Å²) in [7, 11) is -0.742. The molecule has 0 amide bonds. The lowest BCUT2D eigenvalue weighted by molar-refractivity contribution is 1.58. The first kappa shape index (κ1) is 23.2. The first-order valence-electron chi connectivity index (χ1n) is 12.6. The van der Waals surface area contributed by atoms with Gasteiger partial charge in [0.15, 0.2) is 0 Å². The summed E-state index contributed by atoms with van der Waals surface area (Å²) in [5, 5.41) is 6.70. The van der Waals surface area contributed by atoms with Gasteiger partial charge in [0, 0.05) is 0 Å². The highest BCUT2D eigenvalue weighted by Gasteiger charge is 2.21. The zero-order chi connectivity index (χ0) is 24.9. The third-order valence-electron chi connectivity index (χ3n) is 6.64. The molecule has 0 radical (unpaired) electrons. The largest absolute Gasteiger partial charge is 0.0622 e. The maximum atomic E-state index is 2.34. The highest BCUT2D eigenvalue weighted by Crippen LogP contribution is 2.39. The van der Waals surface area contributed by atoms with Crippen LogP contribution in [-0.2, 0) is 0 Å². The Hall–Kier alpha value is -4.25. The molecular weight excluding hydrogens is 463 g/mol. The molecular formula is C36H27P. The van der Waals surface area contributed by atoms with Crippen molar-refractivity contribution in [2.24, 2.45) is 0 Å². The third kappa shape index (κ3) is 4.90. The fraction of sp³-hybridized carbons (Fsp3) is 0. The third-order valence-corrected chi connectivity index (χ3v) is 9.12. The first-order chi connectivity index (χ1) is 18.4. The molecule has 0 saturated carbocycles. The molecule has 0 aliphatic carbocycles. The molecule has 6 aromatic carbocycles. The molecule has 0 atom stereocenters. The number of hydrogen-bond acceptors (Lipinski definition) is 0. The monoisotopic (exact) mass is 490 g/mol.